The molecular weight excluding hydrogens is 454 g/mol. The molecule has 0 bridgehead atoms. The number of carbonyl (C=O) groups is 1. The molecule has 0 spiro atoms. The standard InChI is InChI=1S/C25H30ClN5OS/c1-16(2)27-14-19(17-6-3-4-8-20(17)26)25(32)31-12-10-30(11-13-31)23-22-18-7-5-9-21(18)33-24(22)29-15-28-23/h3-4,6,8,15-16,19,27H,5,7,9-14H2,1-2H3. The van der Waals surface area contributed by atoms with Crippen LogP contribution in [-0.2, 0) is 17.6 Å². The van der Waals surface area contributed by atoms with Gasteiger partial charge in [-0.2, -0.15) is 0 Å². The van der Waals surface area contributed by atoms with Gasteiger partial charge in [-0.05, 0) is 36.5 Å². The Bertz CT molecular complexity index is 1150. The molecule has 2 aromatic heterocycles. The van der Waals surface area contributed by atoms with Crippen molar-refractivity contribution < 1.29 is 4.79 Å². The first-order valence-electron chi connectivity index (χ1n) is 11.8. The molecule has 2 aliphatic rings. The van der Waals surface area contributed by atoms with E-state index in [1.807, 2.05) is 40.5 Å². The van der Waals surface area contributed by atoms with Gasteiger partial charge in [0.2, 0.25) is 5.91 Å². The molecule has 0 saturated carbocycles. The van der Waals surface area contributed by atoms with E-state index in [1.54, 1.807) is 6.33 Å². The first kappa shape index (κ1) is 22.6. The van der Waals surface area contributed by atoms with Gasteiger partial charge < -0.3 is 15.1 Å². The summed E-state index contributed by atoms with van der Waals surface area (Å²) in [5.41, 5.74) is 2.34. The predicted octanol–water partition coefficient (Wildman–Crippen LogP) is 4.26. The van der Waals surface area contributed by atoms with Crippen LogP contribution in [0.1, 0.15) is 42.2 Å². The van der Waals surface area contributed by atoms with Crippen LogP contribution in [0.3, 0.4) is 0 Å². The average Bonchev–Trinajstić information content (AvgIpc) is 3.41. The highest BCUT2D eigenvalue weighted by Gasteiger charge is 2.31. The number of rotatable bonds is 6. The minimum absolute atomic E-state index is 0.139. The zero-order valence-corrected chi connectivity index (χ0v) is 20.8. The van der Waals surface area contributed by atoms with Crippen LogP contribution in [0.4, 0.5) is 5.82 Å². The summed E-state index contributed by atoms with van der Waals surface area (Å²) in [6.45, 7) is 7.67. The van der Waals surface area contributed by atoms with Gasteiger partial charge in [0, 0.05) is 48.7 Å². The van der Waals surface area contributed by atoms with Gasteiger partial charge in [0.15, 0.2) is 0 Å². The second-order valence-corrected chi connectivity index (χ2v) is 10.7. The first-order chi connectivity index (χ1) is 16.0. The van der Waals surface area contributed by atoms with E-state index < -0.39 is 0 Å². The Balaban J connectivity index is 1.33. The van der Waals surface area contributed by atoms with Crippen LogP contribution in [0.5, 0.6) is 0 Å². The number of hydrogen-bond donors (Lipinski definition) is 1. The lowest BCUT2D eigenvalue weighted by Crippen LogP contribution is -2.51. The summed E-state index contributed by atoms with van der Waals surface area (Å²) in [5.74, 6) is 0.884. The van der Waals surface area contributed by atoms with E-state index in [0.29, 0.717) is 30.7 Å². The molecule has 1 aliphatic carbocycles. The Morgan fingerprint density at radius 3 is 2.70 bits per heavy atom. The highest BCUT2D eigenvalue weighted by molar-refractivity contribution is 7.19. The molecule has 3 heterocycles. The molecule has 0 radical (unpaired) electrons. The van der Waals surface area contributed by atoms with E-state index in [1.165, 1.54) is 22.2 Å². The number of hydrogen-bond acceptors (Lipinski definition) is 6. The third-order valence-electron chi connectivity index (χ3n) is 6.68. The van der Waals surface area contributed by atoms with Crippen molar-refractivity contribution in [2.24, 2.45) is 0 Å². The van der Waals surface area contributed by atoms with Gasteiger partial charge in [-0.3, -0.25) is 4.79 Å². The van der Waals surface area contributed by atoms with Crippen LogP contribution in [0.25, 0.3) is 10.2 Å². The number of aryl methyl sites for hydroxylation is 2. The Morgan fingerprint density at radius 1 is 1.15 bits per heavy atom. The van der Waals surface area contributed by atoms with Crippen LogP contribution in [0.15, 0.2) is 30.6 Å². The van der Waals surface area contributed by atoms with Crippen molar-refractivity contribution in [3.8, 4) is 0 Å². The molecule has 1 amide bonds. The maximum Gasteiger partial charge on any atom is 0.231 e. The van der Waals surface area contributed by atoms with Crippen molar-refractivity contribution in [1.29, 1.82) is 0 Å². The molecule has 33 heavy (non-hydrogen) atoms. The normalized spacial score (nSPS) is 17.1. The molecule has 5 rings (SSSR count). The minimum atomic E-state index is -0.293. The van der Waals surface area contributed by atoms with Crippen molar-refractivity contribution in [2.75, 3.05) is 37.6 Å². The van der Waals surface area contributed by atoms with Gasteiger partial charge in [-0.15, -0.1) is 11.3 Å². The molecule has 1 aliphatic heterocycles. The number of thiophene rings is 1. The number of anilines is 1. The predicted molar refractivity (Wildman–Crippen MR) is 136 cm³/mol. The Morgan fingerprint density at radius 2 is 1.94 bits per heavy atom. The molecule has 174 valence electrons. The summed E-state index contributed by atoms with van der Waals surface area (Å²) in [6.07, 6.45) is 5.19. The van der Waals surface area contributed by atoms with Gasteiger partial charge in [0.05, 0.1) is 11.3 Å². The zero-order valence-electron chi connectivity index (χ0n) is 19.2. The van der Waals surface area contributed by atoms with Gasteiger partial charge in [-0.25, -0.2) is 9.97 Å². The van der Waals surface area contributed by atoms with E-state index in [2.05, 4.69) is 34.0 Å². The lowest BCUT2D eigenvalue weighted by atomic mass is 9.96. The molecule has 6 nitrogen and oxygen atoms in total. The van der Waals surface area contributed by atoms with Crippen LogP contribution >= 0.6 is 22.9 Å². The summed E-state index contributed by atoms with van der Waals surface area (Å²) in [5, 5.41) is 5.32. The molecule has 1 fully saturated rings. The van der Waals surface area contributed by atoms with Crippen LogP contribution < -0.4 is 10.2 Å². The Hall–Kier alpha value is -2.22. The fraction of sp³-hybridized carbons (Fsp3) is 0.480. The van der Waals surface area contributed by atoms with Crippen LogP contribution in [-0.4, -0.2) is 59.5 Å². The Kier molecular flexibility index (Phi) is 6.54. The summed E-state index contributed by atoms with van der Waals surface area (Å²) >= 11 is 8.31. The van der Waals surface area contributed by atoms with E-state index in [9.17, 15) is 4.79 Å². The largest absolute Gasteiger partial charge is 0.352 e. The number of fused-ring (bicyclic) bond motifs is 3. The second kappa shape index (κ2) is 9.57. The second-order valence-electron chi connectivity index (χ2n) is 9.18. The van der Waals surface area contributed by atoms with Gasteiger partial charge in [0.1, 0.15) is 17.0 Å². The van der Waals surface area contributed by atoms with Crippen molar-refractivity contribution in [1.82, 2.24) is 20.2 Å². The number of nitrogens with one attached hydrogen (secondary N) is 1. The van der Waals surface area contributed by atoms with Gasteiger partial charge in [-0.1, -0.05) is 43.6 Å². The number of benzene rings is 1. The summed E-state index contributed by atoms with van der Waals surface area (Å²) in [4.78, 5) is 29.7. The highest BCUT2D eigenvalue weighted by atomic mass is 35.5. The van der Waals surface area contributed by atoms with Crippen molar-refractivity contribution in [3.63, 3.8) is 0 Å². The summed E-state index contributed by atoms with van der Waals surface area (Å²) in [7, 11) is 0. The number of halogens is 1. The third-order valence-corrected chi connectivity index (χ3v) is 8.23. The zero-order chi connectivity index (χ0) is 22.9. The molecule has 1 atom stereocenters. The van der Waals surface area contributed by atoms with E-state index in [4.69, 9.17) is 11.6 Å². The minimum Gasteiger partial charge on any atom is -0.352 e. The number of amides is 1. The third kappa shape index (κ3) is 4.46. The lowest BCUT2D eigenvalue weighted by Gasteiger charge is -2.37. The smallest absolute Gasteiger partial charge is 0.231 e. The van der Waals surface area contributed by atoms with Gasteiger partial charge in [0.25, 0.3) is 0 Å². The fourth-order valence-electron chi connectivity index (χ4n) is 4.95. The van der Waals surface area contributed by atoms with Crippen molar-refractivity contribution in [2.45, 2.75) is 45.1 Å². The molecule has 8 heteroatoms. The topological polar surface area (TPSA) is 61.4 Å². The number of aromatic nitrogens is 2. The van der Waals surface area contributed by atoms with Crippen molar-refractivity contribution in [3.05, 3.63) is 51.6 Å². The average molecular weight is 484 g/mol. The molecular formula is C25H30ClN5OS. The van der Waals surface area contributed by atoms with Gasteiger partial charge >= 0.3 is 0 Å². The molecule has 1 unspecified atom stereocenters. The monoisotopic (exact) mass is 483 g/mol. The molecule has 1 aromatic carbocycles. The summed E-state index contributed by atoms with van der Waals surface area (Å²) in [6, 6.07) is 7.99. The number of nitrogens with zero attached hydrogens (tertiary/aromatic N) is 4. The maximum atomic E-state index is 13.6. The maximum absolute atomic E-state index is 13.6. The first-order valence-corrected chi connectivity index (χ1v) is 13.0. The quantitative estimate of drug-likeness (QED) is 0.567. The number of carbonyl (C=O) groups excluding carboxylic acids is 1. The van der Waals surface area contributed by atoms with Crippen LogP contribution in [0, 0.1) is 0 Å². The van der Waals surface area contributed by atoms with Crippen molar-refractivity contribution >= 4 is 44.9 Å². The number of piperazine rings is 1. The SMILES string of the molecule is CC(C)NCC(C(=O)N1CCN(c2ncnc3sc4c(c23)CCC4)CC1)c1ccccc1Cl. The highest BCUT2D eigenvalue weighted by Crippen LogP contribution is 2.40. The van der Waals surface area contributed by atoms with E-state index >= 15 is 0 Å². The van der Waals surface area contributed by atoms with E-state index in [-0.39, 0.29) is 11.8 Å². The fourth-order valence-corrected chi connectivity index (χ4v) is 6.44. The molecule has 1 saturated heterocycles. The van der Waals surface area contributed by atoms with E-state index in [0.717, 1.165) is 42.1 Å². The van der Waals surface area contributed by atoms with Crippen LogP contribution in [0.2, 0.25) is 5.02 Å². The summed E-state index contributed by atoms with van der Waals surface area (Å²) < 4.78 is 0. The lowest BCUT2D eigenvalue weighted by molar-refractivity contribution is -0.133. The molecule has 1 N–H and O–H groups in total. The molecule has 3 aromatic rings. The Labute approximate surface area is 204 Å².